The Balaban J connectivity index is 1.80. The van der Waals surface area contributed by atoms with E-state index in [0.717, 1.165) is 17.8 Å². The monoisotopic (exact) mass is 306 g/mol. The molecule has 0 bridgehead atoms. The number of carbonyl (C=O) groups is 1. The summed E-state index contributed by atoms with van der Waals surface area (Å²) in [6, 6.07) is 20.4. The van der Waals surface area contributed by atoms with Crippen molar-refractivity contribution in [3.05, 3.63) is 71.8 Å². The van der Waals surface area contributed by atoms with Gasteiger partial charge in [0.1, 0.15) is 0 Å². The van der Waals surface area contributed by atoms with Crippen molar-refractivity contribution in [3.8, 4) is 0 Å². The first-order valence-electron chi connectivity index (χ1n) is 7.79. The van der Waals surface area contributed by atoms with Crippen LogP contribution in [0.15, 0.2) is 65.8 Å². The molecule has 2 amide bonds. The van der Waals surface area contributed by atoms with Gasteiger partial charge in [-0.15, -0.1) is 5.10 Å². The van der Waals surface area contributed by atoms with Gasteiger partial charge in [-0.05, 0) is 12.0 Å². The van der Waals surface area contributed by atoms with E-state index >= 15 is 0 Å². The highest BCUT2D eigenvalue weighted by Gasteiger charge is 2.42. The summed E-state index contributed by atoms with van der Waals surface area (Å²) in [5, 5.41) is 9.81. The molecule has 2 heterocycles. The summed E-state index contributed by atoms with van der Waals surface area (Å²) in [4.78, 5) is 12.5. The van der Waals surface area contributed by atoms with E-state index in [9.17, 15) is 4.79 Å². The maximum atomic E-state index is 12.5. The van der Waals surface area contributed by atoms with Gasteiger partial charge in [-0.2, -0.15) is 0 Å². The highest BCUT2D eigenvalue weighted by Crippen LogP contribution is 2.36. The van der Waals surface area contributed by atoms with Gasteiger partial charge >= 0.3 is 6.03 Å². The Morgan fingerprint density at radius 3 is 2.35 bits per heavy atom. The van der Waals surface area contributed by atoms with Crippen LogP contribution in [0.1, 0.15) is 23.6 Å². The lowest BCUT2D eigenvalue weighted by Crippen LogP contribution is -2.54. The standard InChI is InChI=1S/C18H18N4O/c1-20-18(23)21-13-12-16(14-8-4-2-5-9-14)22(21)17(19-20)15-10-6-3-7-11-15/h2-11,16H,12-13H2,1H3. The zero-order valence-electron chi connectivity index (χ0n) is 13.0. The van der Waals surface area contributed by atoms with Crippen molar-refractivity contribution in [2.24, 2.45) is 5.10 Å². The summed E-state index contributed by atoms with van der Waals surface area (Å²) in [6.45, 7) is 0.703. The van der Waals surface area contributed by atoms with Crippen molar-refractivity contribution in [3.63, 3.8) is 0 Å². The third kappa shape index (κ3) is 2.25. The van der Waals surface area contributed by atoms with Crippen LogP contribution in [0.2, 0.25) is 0 Å². The molecule has 2 aromatic carbocycles. The normalized spacial score (nSPS) is 20.6. The minimum atomic E-state index is -0.0805. The molecule has 1 unspecified atom stereocenters. The molecule has 0 spiro atoms. The number of hydrogen-bond donors (Lipinski definition) is 0. The van der Waals surface area contributed by atoms with Gasteiger partial charge in [0, 0.05) is 19.2 Å². The summed E-state index contributed by atoms with van der Waals surface area (Å²) in [5.41, 5.74) is 2.22. The van der Waals surface area contributed by atoms with Crippen LogP contribution >= 0.6 is 0 Å². The molecule has 2 aromatic rings. The third-order valence-electron chi connectivity index (χ3n) is 4.35. The van der Waals surface area contributed by atoms with Gasteiger partial charge in [-0.3, -0.25) is 5.01 Å². The van der Waals surface area contributed by atoms with Crippen LogP contribution in [0.5, 0.6) is 0 Å². The molecule has 0 radical (unpaired) electrons. The molecule has 2 aliphatic rings. The van der Waals surface area contributed by atoms with Crippen LogP contribution in [-0.2, 0) is 0 Å². The van der Waals surface area contributed by atoms with E-state index in [1.807, 2.05) is 53.5 Å². The summed E-state index contributed by atoms with van der Waals surface area (Å²) >= 11 is 0. The van der Waals surface area contributed by atoms with E-state index in [1.165, 1.54) is 10.6 Å². The smallest absolute Gasteiger partial charge is 0.255 e. The minimum absolute atomic E-state index is 0.0805. The minimum Gasteiger partial charge on any atom is -0.255 e. The third-order valence-corrected chi connectivity index (χ3v) is 4.35. The first kappa shape index (κ1) is 13.8. The van der Waals surface area contributed by atoms with Crippen LogP contribution in [0.4, 0.5) is 4.79 Å². The van der Waals surface area contributed by atoms with Crippen molar-refractivity contribution in [2.45, 2.75) is 12.5 Å². The number of hydrazine groups is 1. The van der Waals surface area contributed by atoms with E-state index < -0.39 is 0 Å². The van der Waals surface area contributed by atoms with E-state index in [-0.39, 0.29) is 12.1 Å². The number of carbonyl (C=O) groups excluding carboxylic acids is 1. The van der Waals surface area contributed by atoms with Gasteiger partial charge in [0.2, 0.25) is 0 Å². The van der Waals surface area contributed by atoms with Crippen LogP contribution in [0, 0.1) is 0 Å². The van der Waals surface area contributed by atoms with Crippen LogP contribution in [0.25, 0.3) is 0 Å². The van der Waals surface area contributed by atoms with E-state index in [4.69, 9.17) is 0 Å². The van der Waals surface area contributed by atoms with E-state index in [1.54, 1.807) is 12.1 Å². The van der Waals surface area contributed by atoms with E-state index in [0.29, 0.717) is 6.54 Å². The molecule has 1 saturated heterocycles. The molecule has 1 atom stereocenters. The number of urea groups is 1. The average Bonchev–Trinajstić information content (AvgIpc) is 3.05. The van der Waals surface area contributed by atoms with Gasteiger partial charge in [0.05, 0.1) is 6.04 Å². The van der Waals surface area contributed by atoms with Crippen molar-refractivity contribution in [2.75, 3.05) is 13.6 Å². The van der Waals surface area contributed by atoms with Gasteiger partial charge < -0.3 is 0 Å². The average molecular weight is 306 g/mol. The number of fused-ring (bicyclic) bond motifs is 1. The van der Waals surface area contributed by atoms with Gasteiger partial charge in [0.15, 0.2) is 5.84 Å². The first-order chi connectivity index (χ1) is 11.3. The second-order valence-corrected chi connectivity index (χ2v) is 5.78. The Bertz CT molecular complexity index is 744. The highest BCUT2D eigenvalue weighted by molar-refractivity contribution is 6.02. The molecule has 2 aliphatic heterocycles. The number of amides is 2. The van der Waals surface area contributed by atoms with Gasteiger partial charge in [-0.1, -0.05) is 60.7 Å². The van der Waals surface area contributed by atoms with Crippen molar-refractivity contribution in [1.82, 2.24) is 15.0 Å². The Morgan fingerprint density at radius 1 is 1.00 bits per heavy atom. The lowest BCUT2D eigenvalue weighted by atomic mass is 10.0. The molecule has 4 rings (SSSR count). The molecule has 0 aliphatic carbocycles. The molecule has 5 nitrogen and oxygen atoms in total. The van der Waals surface area contributed by atoms with Gasteiger partial charge in [0.25, 0.3) is 0 Å². The highest BCUT2D eigenvalue weighted by atomic mass is 16.2. The van der Waals surface area contributed by atoms with Crippen LogP contribution < -0.4 is 0 Å². The fraction of sp³-hybridized carbons (Fsp3) is 0.222. The summed E-state index contributed by atoms with van der Waals surface area (Å²) < 4.78 is 0. The van der Waals surface area contributed by atoms with Crippen molar-refractivity contribution >= 4 is 11.9 Å². The summed E-state index contributed by atoms with van der Waals surface area (Å²) in [5.74, 6) is 0.819. The Labute approximate surface area is 135 Å². The maximum Gasteiger partial charge on any atom is 0.359 e. The second-order valence-electron chi connectivity index (χ2n) is 5.78. The fourth-order valence-electron chi connectivity index (χ4n) is 3.25. The molecular weight excluding hydrogens is 288 g/mol. The molecule has 1 fully saturated rings. The lowest BCUT2D eigenvalue weighted by molar-refractivity contribution is 0.0644. The zero-order valence-corrected chi connectivity index (χ0v) is 13.0. The number of amidine groups is 1. The molecule has 23 heavy (non-hydrogen) atoms. The molecular formula is C18H18N4O. The second kappa shape index (κ2) is 5.43. The Morgan fingerprint density at radius 2 is 1.65 bits per heavy atom. The zero-order chi connectivity index (χ0) is 15.8. The van der Waals surface area contributed by atoms with Crippen molar-refractivity contribution in [1.29, 1.82) is 0 Å². The molecule has 116 valence electrons. The Kier molecular flexibility index (Phi) is 3.26. The van der Waals surface area contributed by atoms with Crippen molar-refractivity contribution < 1.29 is 4.79 Å². The van der Waals surface area contributed by atoms with Gasteiger partial charge in [-0.25, -0.2) is 14.8 Å². The Hall–Kier alpha value is -2.82. The van der Waals surface area contributed by atoms with Crippen LogP contribution in [0.3, 0.4) is 0 Å². The van der Waals surface area contributed by atoms with E-state index in [2.05, 4.69) is 17.2 Å². The number of nitrogens with zero attached hydrogens (tertiary/aromatic N) is 4. The van der Waals surface area contributed by atoms with Crippen LogP contribution in [-0.4, -0.2) is 40.5 Å². The number of hydrogen-bond acceptors (Lipinski definition) is 3. The quantitative estimate of drug-likeness (QED) is 0.855. The topological polar surface area (TPSA) is 39.1 Å². The SMILES string of the molecule is CN1N=C(c2ccccc2)N2C(c3ccccc3)CCN2C1=O. The number of benzene rings is 2. The molecule has 5 heteroatoms. The lowest BCUT2D eigenvalue weighted by Gasteiger charge is -2.39. The first-order valence-corrected chi connectivity index (χ1v) is 7.79. The number of hydrazone groups is 1. The predicted molar refractivity (Wildman–Crippen MR) is 88.5 cm³/mol. The molecule has 0 saturated carbocycles. The largest absolute Gasteiger partial charge is 0.359 e. The number of rotatable bonds is 2. The summed E-state index contributed by atoms with van der Waals surface area (Å²) in [7, 11) is 1.71. The maximum absolute atomic E-state index is 12.5. The molecule has 0 N–H and O–H groups in total. The molecule has 0 aromatic heterocycles. The summed E-state index contributed by atoms with van der Waals surface area (Å²) in [6.07, 6.45) is 0.898. The predicted octanol–water partition coefficient (Wildman–Crippen LogP) is 3.08. The fourth-order valence-corrected chi connectivity index (χ4v) is 3.25.